The Morgan fingerprint density at radius 3 is 2.48 bits per heavy atom. The van der Waals surface area contributed by atoms with Gasteiger partial charge in [0.05, 0.1) is 17.2 Å². The Balaban J connectivity index is 2.28. The van der Waals surface area contributed by atoms with Gasteiger partial charge in [0, 0.05) is 0 Å². The summed E-state index contributed by atoms with van der Waals surface area (Å²) in [5.41, 5.74) is 0.774. The number of nitriles is 1. The van der Waals surface area contributed by atoms with Gasteiger partial charge in [-0.2, -0.15) is 18.4 Å². The minimum absolute atomic E-state index is 0.0433. The van der Waals surface area contributed by atoms with Crippen LogP contribution in [0.2, 0.25) is 0 Å². The van der Waals surface area contributed by atoms with Gasteiger partial charge in [-0.05, 0) is 36.2 Å². The minimum Gasteiger partial charge on any atom is -0.488 e. The van der Waals surface area contributed by atoms with E-state index in [-0.39, 0.29) is 17.9 Å². The van der Waals surface area contributed by atoms with Crippen molar-refractivity contribution in [3.05, 3.63) is 64.7 Å². The van der Waals surface area contributed by atoms with Crippen molar-refractivity contribution < 1.29 is 17.9 Å². The van der Waals surface area contributed by atoms with Crippen LogP contribution < -0.4 is 4.74 Å². The SMILES string of the molecule is Cc1ccccc1COc1ccc(C#N)cc1C(F)(F)F. The van der Waals surface area contributed by atoms with E-state index in [1.807, 2.05) is 19.1 Å². The number of rotatable bonds is 3. The molecule has 0 N–H and O–H groups in total. The summed E-state index contributed by atoms with van der Waals surface area (Å²) < 4.78 is 44.2. The van der Waals surface area contributed by atoms with Crippen LogP contribution in [0.1, 0.15) is 22.3 Å². The Bertz CT molecular complexity index is 687. The Kier molecular flexibility index (Phi) is 4.18. The number of nitrogens with zero attached hydrogens (tertiary/aromatic N) is 1. The zero-order chi connectivity index (χ0) is 15.5. The number of aryl methyl sites for hydroxylation is 1. The molecule has 0 saturated carbocycles. The summed E-state index contributed by atoms with van der Waals surface area (Å²) in [5.74, 6) is -0.273. The summed E-state index contributed by atoms with van der Waals surface area (Å²) in [7, 11) is 0. The van der Waals surface area contributed by atoms with Gasteiger partial charge in [-0.3, -0.25) is 0 Å². The van der Waals surface area contributed by atoms with Gasteiger partial charge < -0.3 is 4.74 Å². The van der Waals surface area contributed by atoms with Crippen molar-refractivity contribution in [3.63, 3.8) is 0 Å². The number of ether oxygens (including phenoxy) is 1. The molecule has 0 aliphatic carbocycles. The van der Waals surface area contributed by atoms with Gasteiger partial charge in [0.1, 0.15) is 12.4 Å². The molecule has 21 heavy (non-hydrogen) atoms. The predicted octanol–water partition coefficient (Wildman–Crippen LogP) is 4.46. The Morgan fingerprint density at radius 1 is 1.14 bits per heavy atom. The molecule has 0 aliphatic heterocycles. The van der Waals surface area contributed by atoms with E-state index in [2.05, 4.69) is 0 Å². The fourth-order valence-corrected chi connectivity index (χ4v) is 1.87. The Morgan fingerprint density at radius 2 is 1.86 bits per heavy atom. The van der Waals surface area contributed by atoms with Gasteiger partial charge >= 0.3 is 6.18 Å². The molecule has 2 aromatic carbocycles. The normalized spacial score (nSPS) is 11.0. The van der Waals surface area contributed by atoms with E-state index in [1.165, 1.54) is 12.1 Å². The summed E-state index contributed by atoms with van der Waals surface area (Å²) >= 11 is 0. The summed E-state index contributed by atoms with van der Waals surface area (Å²) in [6.07, 6.45) is -4.56. The second-order valence-corrected chi connectivity index (χ2v) is 4.54. The Hall–Kier alpha value is -2.48. The molecule has 0 fully saturated rings. The van der Waals surface area contributed by atoms with Crippen molar-refractivity contribution in [2.45, 2.75) is 19.7 Å². The van der Waals surface area contributed by atoms with E-state index in [1.54, 1.807) is 18.2 Å². The lowest BCUT2D eigenvalue weighted by Crippen LogP contribution is -2.09. The number of hydrogen-bond donors (Lipinski definition) is 0. The highest BCUT2D eigenvalue weighted by Gasteiger charge is 2.34. The average molecular weight is 291 g/mol. The largest absolute Gasteiger partial charge is 0.488 e. The summed E-state index contributed by atoms with van der Waals surface area (Å²) in [6.45, 7) is 1.91. The standard InChI is InChI=1S/C16H12F3NO/c1-11-4-2-3-5-13(11)10-21-15-7-6-12(9-20)8-14(15)16(17,18)19/h2-8H,10H2,1H3. The first-order chi connectivity index (χ1) is 9.91. The van der Waals surface area contributed by atoms with Crippen LogP contribution in [0.4, 0.5) is 13.2 Å². The molecule has 0 aliphatic rings. The maximum Gasteiger partial charge on any atom is 0.420 e. The van der Waals surface area contributed by atoms with Crippen molar-refractivity contribution in [2.75, 3.05) is 0 Å². The van der Waals surface area contributed by atoms with Gasteiger partial charge in [0.15, 0.2) is 0 Å². The zero-order valence-corrected chi connectivity index (χ0v) is 11.2. The van der Waals surface area contributed by atoms with Crippen LogP contribution >= 0.6 is 0 Å². The van der Waals surface area contributed by atoms with Crippen molar-refractivity contribution in [3.8, 4) is 11.8 Å². The molecule has 0 saturated heterocycles. The molecule has 0 bridgehead atoms. The van der Waals surface area contributed by atoms with Crippen LogP contribution in [0.25, 0.3) is 0 Å². The minimum atomic E-state index is -4.56. The second kappa shape index (κ2) is 5.88. The smallest absolute Gasteiger partial charge is 0.420 e. The highest BCUT2D eigenvalue weighted by atomic mass is 19.4. The third-order valence-electron chi connectivity index (χ3n) is 3.06. The molecule has 0 unspecified atom stereocenters. The molecule has 2 rings (SSSR count). The van der Waals surface area contributed by atoms with Gasteiger partial charge in [0.25, 0.3) is 0 Å². The number of alkyl halides is 3. The molecule has 0 heterocycles. The van der Waals surface area contributed by atoms with Crippen LogP contribution in [-0.4, -0.2) is 0 Å². The van der Waals surface area contributed by atoms with Gasteiger partial charge in [0.2, 0.25) is 0 Å². The van der Waals surface area contributed by atoms with E-state index in [0.717, 1.165) is 17.2 Å². The lowest BCUT2D eigenvalue weighted by molar-refractivity contribution is -0.139. The summed E-state index contributed by atoms with van der Waals surface area (Å²) in [6, 6.07) is 12.3. The molecular formula is C16H12F3NO. The van der Waals surface area contributed by atoms with Crippen LogP contribution in [-0.2, 0) is 12.8 Å². The molecule has 0 aromatic heterocycles. The maximum atomic E-state index is 13.0. The van der Waals surface area contributed by atoms with Gasteiger partial charge in [-0.1, -0.05) is 24.3 Å². The van der Waals surface area contributed by atoms with Crippen molar-refractivity contribution in [1.29, 1.82) is 5.26 Å². The average Bonchev–Trinajstić information content (AvgIpc) is 2.45. The molecule has 0 amide bonds. The maximum absolute atomic E-state index is 13.0. The van der Waals surface area contributed by atoms with E-state index in [9.17, 15) is 13.2 Å². The first-order valence-corrected chi connectivity index (χ1v) is 6.20. The van der Waals surface area contributed by atoms with Crippen molar-refractivity contribution in [2.24, 2.45) is 0 Å². The predicted molar refractivity (Wildman–Crippen MR) is 71.7 cm³/mol. The first-order valence-electron chi connectivity index (χ1n) is 6.20. The molecule has 2 aromatic rings. The highest BCUT2D eigenvalue weighted by molar-refractivity contribution is 5.43. The third-order valence-corrected chi connectivity index (χ3v) is 3.06. The van der Waals surface area contributed by atoms with Crippen LogP contribution in [0.3, 0.4) is 0 Å². The molecule has 2 nitrogen and oxygen atoms in total. The second-order valence-electron chi connectivity index (χ2n) is 4.54. The fourth-order valence-electron chi connectivity index (χ4n) is 1.87. The van der Waals surface area contributed by atoms with Gasteiger partial charge in [-0.25, -0.2) is 0 Å². The number of benzene rings is 2. The van der Waals surface area contributed by atoms with E-state index in [0.29, 0.717) is 0 Å². The first kappa shape index (κ1) is 14.9. The monoisotopic (exact) mass is 291 g/mol. The third kappa shape index (κ3) is 3.54. The molecule has 108 valence electrons. The topological polar surface area (TPSA) is 33.0 Å². The van der Waals surface area contributed by atoms with E-state index < -0.39 is 11.7 Å². The molecule has 0 radical (unpaired) electrons. The highest BCUT2D eigenvalue weighted by Crippen LogP contribution is 2.37. The Labute approximate surface area is 120 Å². The van der Waals surface area contributed by atoms with Crippen LogP contribution in [0, 0.1) is 18.3 Å². The number of halogens is 3. The lowest BCUT2D eigenvalue weighted by atomic mass is 10.1. The van der Waals surface area contributed by atoms with Crippen molar-refractivity contribution >= 4 is 0 Å². The quantitative estimate of drug-likeness (QED) is 0.836. The lowest BCUT2D eigenvalue weighted by Gasteiger charge is -2.15. The van der Waals surface area contributed by atoms with Crippen LogP contribution in [0.5, 0.6) is 5.75 Å². The molecule has 0 atom stereocenters. The summed E-state index contributed by atoms with van der Waals surface area (Å²) in [5, 5.41) is 8.70. The summed E-state index contributed by atoms with van der Waals surface area (Å²) in [4.78, 5) is 0. The molecular weight excluding hydrogens is 279 g/mol. The zero-order valence-electron chi connectivity index (χ0n) is 11.2. The molecule has 5 heteroatoms. The number of hydrogen-bond acceptors (Lipinski definition) is 2. The fraction of sp³-hybridized carbons (Fsp3) is 0.188. The van der Waals surface area contributed by atoms with Crippen molar-refractivity contribution in [1.82, 2.24) is 0 Å². The van der Waals surface area contributed by atoms with E-state index in [4.69, 9.17) is 10.00 Å². The molecule has 0 spiro atoms. The van der Waals surface area contributed by atoms with Crippen LogP contribution in [0.15, 0.2) is 42.5 Å². The van der Waals surface area contributed by atoms with E-state index >= 15 is 0 Å². The van der Waals surface area contributed by atoms with Gasteiger partial charge in [-0.15, -0.1) is 0 Å².